The summed E-state index contributed by atoms with van der Waals surface area (Å²) in [7, 11) is -3.99. The average Bonchev–Trinajstić information content (AvgIpc) is 2.71. The van der Waals surface area contributed by atoms with Crippen LogP contribution in [0.3, 0.4) is 0 Å². The maximum atomic E-state index is 12.9. The SMILES string of the molecule is CC[C@@H](C)c1ccc(NC(=O)COC(=O)CNS(=O)(=O)c2ccc(F)cc2)cc1. The van der Waals surface area contributed by atoms with Crippen LogP contribution in [-0.2, 0) is 24.3 Å². The number of carbonyl (C=O) groups is 2. The number of nitrogens with one attached hydrogen (secondary N) is 2. The summed E-state index contributed by atoms with van der Waals surface area (Å²) in [5.74, 6) is -1.63. The van der Waals surface area contributed by atoms with E-state index in [0.717, 1.165) is 36.2 Å². The molecule has 2 aromatic carbocycles. The number of halogens is 1. The van der Waals surface area contributed by atoms with Gasteiger partial charge in [0.2, 0.25) is 10.0 Å². The lowest BCUT2D eigenvalue weighted by Gasteiger charge is -2.11. The monoisotopic (exact) mass is 422 g/mol. The van der Waals surface area contributed by atoms with Crippen LogP contribution in [0.5, 0.6) is 0 Å². The van der Waals surface area contributed by atoms with Crippen molar-refractivity contribution in [2.45, 2.75) is 31.1 Å². The van der Waals surface area contributed by atoms with E-state index in [9.17, 15) is 22.4 Å². The van der Waals surface area contributed by atoms with Crippen molar-refractivity contribution in [3.63, 3.8) is 0 Å². The summed E-state index contributed by atoms with van der Waals surface area (Å²) >= 11 is 0. The zero-order valence-electron chi connectivity index (χ0n) is 16.1. The molecule has 0 heterocycles. The van der Waals surface area contributed by atoms with E-state index in [0.29, 0.717) is 11.6 Å². The predicted molar refractivity (Wildman–Crippen MR) is 106 cm³/mol. The van der Waals surface area contributed by atoms with Crippen molar-refractivity contribution in [1.29, 1.82) is 0 Å². The molecule has 156 valence electrons. The van der Waals surface area contributed by atoms with Gasteiger partial charge in [-0.3, -0.25) is 9.59 Å². The van der Waals surface area contributed by atoms with Crippen molar-refractivity contribution in [2.75, 3.05) is 18.5 Å². The number of amides is 1. The Morgan fingerprint density at radius 2 is 1.69 bits per heavy atom. The maximum absolute atomic E-state index is 12.9. The van der Waals surface area contributed by atoms with Crippen LogP contribution in [0.1, 0.15) is 31.7 Å². The zero-order valence-corrected chi connectivity index (χ0v) is 17.0. The van der Waals surface area contributed by atoms with Crippen molar-refractivity contribution in [1.82, 2.24) is 4.72 Å². The van der Waals surface area contributed by atoms with Crippen molar-refractivity contribution in [3.05, 3.63) is 59.9 Å². The van der Waals surface area contributed by atoms with E-state index in [1.165, 1.54) is 0 Å². The van der Waals surface area contributed by atoms with Gasteiger partial charge in [-0.1, -0.05) is 26.0 Å². The van der Waals surface area contributed by atoms with Crippen molar-refractivity contribution in [3.8, 4) is 0 Å². The third-order valence-corrected chi connectivity index (χ3v) is 5.69. The second-order valence-corrected chi connectivity index (χ2v) is 8.19. The van der Waals surface area contributed by atoms with Gasteiger partial charge in [0.05, 0.1) is 4.90 Å². The molecule has 0 saturated heterocycles. The Morgan fingerprint density at radius 3 is 2.28 bits per heavy atom. The highest BCUT2D eigenvalue weighted by molar-refractivity contribution is 7.89. The molecule has 0 radical (unpaired) electrons. The highest BCUT2D eigenvalue weighted by atomic mass is 32.2. The molecule has 1 amide bonds. The normalized spacial score (nSPS) is 12.2. The average molecular weight is 422 g/mol. The molecular weight excluding hydrogens is 399 g/mol. The molecule has 2 aromatic rings. The van der Waals surface area contributed by atoms with Gasteiger partial charge in [0.25, 0.3) is 5.91 Å². The van der Waals surface area contributed by atoms with Gasteiger partial charge in [-0.2, -0.15) is 4.72 Å². The fourth-order valence-electron chi connectivity index (χ4n) is 2.38. The molecule has 0 aromatic heterocycles. The molecule has 29 heavy (non-hydrogen) atoms. The second kappa shape index (κ2) is 10.1. The number of benzene rings is 2. The summed E-state index contributed by atoms with van der Waals surface area (Å²) in [4.78, 5) is 23.4. The smallest absolute Gasteiger partial charge is 0.321 e. The minimum Gasteiger partial charge on any atom is -0.455 e. The predicted octanol–water partition coefficient (Wildman–Crippen LogP) is 2.80. The standard InChI is InChI=1S/C20H23FN2O5S/c1-3-14(2)15-4-8-17(9-5-15)23-19(24)13-28-20(25)12-22-29(26,27)18-10-6-16(21)7-11-18/h4-11,14,22H,3,12-13H2,1-2H3,(H,23,24)/t14-/m1/s1. The van der Waals surface area contributed by atoms with Gasteiger partial charge in [0, 0.05) is 5.69 Å². The molecule has 0 fully saturated rings. The number of carbonyl (C=O) groups excluding carboxylic acids is 2. The Kier molecular flexibility index (Phi) is 7.86. The highest BCUT2D eigenvalue weighted by Crippen LogP contribution is 2.20. The topological polar surface area (TPSA) is 102 Å². The molecule has 7 nitrogen and oxygen atoms in total. The number of hydrogen-bond donors (Lipinski definition) is 2. The molecule has 0 unspecified atom stereocenters. The van der Waals surface area contributed by atoms with Crippen LogP contribution in [0.2, 0.25) is 0 Å². The van der Waals surface area contributed by atoms with E-state index in [1.807, 2.05) is 16.9 Å². The summed E-state index contributed by atoms with van der Waals surface area (Å²) in [6, 6.07) is 11.5. The van der Waals surface area contributed by atoms with Crippen LogP contribution in [0.4, 0.5) is 10.1 Å². The minimum absolute atomic E-state index is 0.190. The number of sulfonamides is 1. The van der Waals surface area contributed by atoms with Crippen LogP contribution in [-0.4, -0.2) is 33.4 Å². The summed E-state index contributed by atoms with van der Waals surface area (Å²) in [6.07, 6.45) is 1.01. The van der Waals surface area contributed by atoms with E-state index in [4.69, 9.17) is 4.74 Å². The van der Waals surface area contributed by atoms with Gasteiger partial charge < -0.3 is 10.1 Å². The Hall–Kier alpha value is -2.78. The van der Waals surface area contributed by atoms with Gasteiger partial charge >= 0.3 is 5.97 Å². The number of anilines is 1. The van der Waals surface area contributed by atoms with Crippen molar-refractivity contribution >= 4 is 27.6 Å². The quantitative estimate of drug-likeness (QED) is 0.605. The molecule has 0 saturated carbocycles. The molecule has 2 N–H and O–H groups in total. The van der Waals surface area contributed by atoms with E-state index >= 15 is 0 Å². The summed E-state index contributed by atoms with van der Waals surface area (Å²) in [5.41, 5.74) is 1.72. The van der Waals surface area contributed by atoms with Crippen molar-refractivity contribution < 1.29 is 27.1 Å². The Bertz CT molecular complexity index is 944. The molecule has 0 aliphatic carbocycles. The van der Waals surface area contributed by atoms with Crippen LogP contribution >= 0.6 is 0 Å². The molecule has 9 heteroatoms. The Labute approximate surface area is 169 Å². The highest BCUT2D eigenvalue weighted by Gasteiger charge is 2.17. The fraction of sp³-hybridized carbons (Fsp3) is 0.300. The first kappa shape index (κ1) is 22.5. The molecular formula is C20H23FN2O5S. The van der Waals surface area contributed by atoms with E-state index in [-0.39, 0.29) is 4.90 Å². The number of hydrogen-bond acceptors (Lipinski definition) is 5. The number of ether oxygens (including phenoxy) is 1. The van der Waals surface area contributed by atoms with E-state index < -0.39 is 40.9 Å². The second-order valence-electron chi connectivity index (χ2n) is 6.42. The first-order valence-electron chi connectivity index (χ1n) is 9.02. The molecule has 0 aliphatic heterocycles. The van der Waals surface area contributed by atoms with Crippen molar-refractivity contribution in [2.24, 2.45) is 0 Å². The lowest BCUT2D eigenvalue weighted by atomic mass is 9.99. The molecule has 0 aliphatic rings. The largest absolute Gasteiger partial charge is 0.455 e. The fourth-order valence-corrected chi connectivity index (χ4v) is 3.34. The third kappa shape index (κ3) is 6.95. The first-order chi connectivity index (χ1) is 13.7. The van der Waals surface area contributed by atoms with Crippen LogP contribution in [0.15, 0.2) is 53.4 Å². The maximum Gasteiger partial charge on any atom is 0.321 e. The van der Waals surface area contributed by atoms with Gasteiger partial charge in [-0.05, 0) is 54.3 Å². The van der Waals surface area contributed by atoms with Crippen LogP contribution in [0, 0.1) is 5.82 Å². The minimum atomic E-state index is -3.99. The molecule has 0 spiro atoms. The van der Waals surface area contributed by atoms with Crippen LogP contribution in [0.25, 0.3) is 0 Å². The van der Waals surface area contributed by atoms with E-state index in [2.05, 4.69) is 19.2 Å². The summed E-state index contributed by atoms with van der Waals surface area (Å²) < 4.78 is 43.7. The van der Waals surface area contributed by atoms with Crippen LogP contribution < -0.4 is 10.0 Å². The Morgan fingerprint density at radius 1 is 1.07 bits per heavy atom. The first-order valence-corrected chi connectivity index (χ1v) is 10.5. The third-order valence-electron chi connectivity index (χ3n) is 4.27. The molecule has 0 bridgehead atoms. The lowest BCUT2D eigenvalue weighted by molar-refractivity contribution is -0.146. The summed E-state index contributed by atoms with van der Waals surface area (Å²) in [5, 5.41) is 2.59. The van der Waals surface area contributed by atoms with Gasteiger partial charge in [0.15, 0.2) is 6.61 Å². The van der Waals surface area contributed by atoms with Gasteiger partial charge in [-0.15, -0.1) is 0 Å². The molecule has 2 rings (SSSR count). The summed E-state index contributed by atoms with van der Waals surface area (Å²) in [6.45, 7) is 2.99. The number of esters is 1. The van der Waals surface area contributed by atoms with E-state index in [1.54, 1.807) is 12.1 Å². The van der Waals surface area contributed by atoms with Gasteiger partial charge in [0.1, 0.15) is 12.4 Å². The zero-order chi connectivity index (χ0) is 21.4. The lowest BCUT2D eigenvalue weighted by Crippen LogP contribution is -2.32. The number of rotatable bonds is 9. The molecule has 1 atom stereocenters. The van der Waals surface area contributed by atoms with Gasteiger partial charge in [-0.25, -0.2) is 12.8 Å². The Balaban J connectivity index is 1.78.